The summed E-state index contributed by atoms with van der Waals surface area (Å²) in [5, 5.41) is 0. The SMILES string of the molecule is COc1ccc(C2(C)CO2)cc1C(C)C. The molecule has 0 bridgehead atoms. The molecule has 0 amide bonds. The van der Waals surface area contributed by atoms with Crippen LogP contribution in [0.15, 0.2) is 18.2 Å². The Labute approximate surface area is 91.2 Å². The van der Waals surface area contributed by atoms with Crippen molar-refractivity contribution in [1.29, 1.82) is 0 Å². The topological polar surface area (TPSA) is 21.8 Å². The second-order valence-electron chi connectivity index (χ2n) is 4.63. The summed E-state index contributed by atoms with van der Waals surface area (Å²) in [5.74, 6) is 1.44. The first-order chi connectivity index (χ1) is 7.07. The number of methoxy groups -OCH3 is 1. The maximum Gasteiger partial charge on any atom is 0.122 e. The molecule has 1 unspecified atom stereocenters. The lowest BCUT2D eigenvalue weighted by molar-refractivity contribution is 0.328. The minimum atomic E-state index is -0.0457. The van der Waals surface area contributed by atoms with E-state index < -0.39 is 0 Å². The summed E-state index contributed by atoms with van der Waals surface area (Å²) in [7, 11) is 1.72. The summed E-state index contributed by atoms with van der Waals surface area (Å²) in [6.07, 6.45) is 0. The molecule has 82 valence electrons. The van der Waals surface area contributed by atoms with Gasteiger partial charge in [0.15, 0.2) is 0 Å². The van der Waals surface area contributed by atoms with E-state index in [9.17, 15) is 0 Å². The molecule has 1 aromatic rings. The number of epoxide rings is 1. The zero-order valence-corrected chi connectivity index (χ0v) is 9.83. The predicted octanol–water partition coefficient (Wildman–Crippen LogP) is 3.06. The van der Waals surface area contributed by atoms with Gasteiger partial charge < -0.3 is 9.47 Å². The van der Waals surface area contributed by atoms with E-state index in [-0.39, 0.29) is 5.60 Å². The molecule has 0 saturated carbocycles. The van der Waals surface area contributed by atoms with Gasteiger partial charge in [0, 0.05) is 0 Å². The predicted molar refractivity (Wildman–Crippen MR) is 60.4 cm³/mol. The van der Waals surface area contributed by atoms with Crippen LogP contribution in [0.3, 0.4) is 0 Å². The Kier molecular flexibility index (Phi) is 2.47. The normalized spacial score (nSPS) is 24.3. The van der Waals surface area contributed by atoms with E-state index in [0.29, 0.717) is 5.92 Å². The van der Waals surface area contributed by atoms with E-state index in [0.717, 1.165) is 12.4 Å². The van der Waals surface area contributed by atoms with Gasteiger partial charge in [-0.25, -0.2) is 0 Å². The van der Waals surface area contributed by atoms with Crippen LogP contribution in [-0.4, -0.2) is 13.7 Å². The summed E-state index contributed by atoms with van der Waals surface area (Å²) in [4.78, 5) is 0. The summed E-state index contributed by atoms with van der Waals surface area (Å²) >= 11 is 0. The Morgan fingerprint density at radius 1 is 1.40 bits per heavy atom. The lowest BCUT2D eigenvalue weighted by Gasteiger charge is -2.15. The van der Waals surface area contributed by atoms with Crippen molar-refractivity contribution in [2.45, 2.75) is 32.3 Å². The van der Waals surface area contributed by atoms with Gasteiger partial charge in [-0.3, -0.25) is 0 Å². The lowest BCUT2D eigenvalue weighted by atomic mass is 9.94. The summed E-state index contributed by atoms with van der Waals surface area (Å²) in [5.41, 5.74) is 2.47. The van der Waals surface area contributed by atoms with Gasteiger partial charge in [0.2, 0.25) is 0 Å². The smallest absolute Gasteiger partial charge is 0.122 e. The molecule has 1 fully saturated rings. The Morgan fingerprint density at radius 3 is 2.53 bits per heavy atom. The van der Waals surface area contributed by atoms with Crippen molar-refractivity contribution >= 4 is 0 Å². The quantitative estimate of drug-likeness (QED) is 0.709. The van der Waals surface area contributed by atoms with Gasteiger partial charge in [0.1, 0.15) is 11.4 Å². The minimum Gasteiger partial charge on any atom is -0.496 e. The van der Waals surface area contributed by atoms with Crippen molar-refractivity contribution in [3.05, 3.63) is 29.3 Å². The molecule has 1 saturated heterocycles. The number of hydrogen-bond donors (Lipinski definition) is 0. The first kappa shape index (κ1) is 10.5. The van der Waals surface area contributed by atoms with Gasteiger partial charge >= 0.3 is 0 Å². The molecule has 0 radical (unpaired) electrons. The van der Waals surface area contributed by atoms with E-state index in [4.69, 9.17) is 9.47 Å². The third kappa shape index (κ3) is 1.86. The second-order valence-corrected chi connectivity index (χ2v) is 4.63. The molecule has 1 aromatic carbocycles. The highest BCUT2D eigenvalue weighted by Gasteiger charge is 2.41. The molecule has 2 nitrogen and oxygen atoms in total. The van der Waals surface area contributed by atoms with Crippen molar-refractivity contribution in [2.24, 2.45) is 0 Å². The summed E-state index contributed by atoms with van der Waals surface area (Å²) in [6, 6.07) is 6.34. The molecule has 2 heteroatoms. The van der Waals surface area contributed by atoms with Crippen molar-refractivity contribution in [1.82, 2.24) is 0 Å². The highest BCUT2D eigenvalue weighted by molar-refractivity contribution is 5.42. The number of hydrogen-bond acceptors (Lipinski definition) is 2. The van der Waals surface area contributed by atoms with Crippen molar-refractivity contribution < 1.29 is 9.47 Å². The van der Waals surface area contributed by atoms with E-state index in [1.165, 1.54) is 11.1 Å². The Morgan fingerprint density at radius 2 is 2.07 bits per heavy atom. The third-order valence-electron chi connectivity index (χ3n) is 3.04. The van der Waals surface area contributed by atoms with E-state index in [1.54, 1.807) is 7.11 Å². The molecule has 0 aliphatic carbocycles. The highest BCUT2D eigenvalue weighted by Crippen LogP contribution is 2.40. The average molecular weight is 206 g/mol. The van der Waals surface area contributed by atoms with Gasteiger partial charge in [0.25, 0.3) is 0 Å². The Bertz CT molecular complexity index is 365. The molecule has 1 atom stereocenters. The molecule has 2 rings (SSSR count). The van der Waals surface area contributed by atoms with E-state index in [2.05, 4.69) is 32.9 Å². The summed E-state index contributed by atoms with van der Waals surface area (Å²) in [6.45, 7) is 7.31. The van der Waals surface area contributed by atoms with E-state index >= 15 is 0 Å². The van der Waals surface area contributed by atoms with Crippen molar-refractivity contribution in [3.8, 4) is 5.75 Å². The zero-order chi connectivity index (χ0) is 11.1. The molecule has 1 aliphatic heterocycles. The van der Waals surface area contributed by atoms with Crippen molar-refractivity contribution in [3.63, 3.8) is 0 Å². The molecular formula is C13H18O2. The Balaban J connectivity index is 2.41. The van der Waals surface area contributed by atoms with Crippen molar-refractivity contribution in [2.75, 3.05) is 13.7 Å². The molecule has 0 spiro atoms. The lowest BCUT2D eigenvalue weighted by Crippen LogP contribution is -2.04. The van der Waals surface area contributed by atoms with Gasteiger partial charge in [0.05, 0.1) is 13.7 Å². The fourth-order valence-electron chi connectivity index (χ4n) is 1.79. The second kappa shape index (κ2) is 3.53. The highest BCUT2D eigenvalue weighted by atomic mass is 16.6. The number of ether oxygens (including phenoxy) is 2. The molecular weight excluding hydrogens is 188 g/mol. The van der Waals surface area contributed by atoms with Crippen LogP contribution in [0.5, 0.6) is 5.75 Å². The van der Waals surface area contributed by atoms with Crippen LogP contribution < -0.4 is 4.74 Å². The molecule has 1 aliphatic rings. The van der Waals surface area contributed by atoms with Gasteiger partial charge in [-0.05, 0) is 36.1 Å². The van der Waals surface area contributed by atoms with Crippen LogP contribution in [0.25, 0.3) is 0 Å². The number of rotatable bonds is 3. The largest absolute Gasteiger partial charge is 0.496 e. The standard InChI is InChI=1S/C13H18O2/c1-9(2)11-7-10(13(3)8-15-13)5-6-12(11)14-4/h5-7,9H,8H2,1-4H3. The van der Waals surface area contributed by atoms with Gasteiger partial charge in [-0.1, -0.05) is 19.9 Å². The first-order valence-electron chi connectivity index (χ1n) is 5.39. The first-order valence-corrected chi connectivity index (χ1v) is 5.39. The maximum atomic E-state index is 5.45. The summed E-state index contributed by atoms with van der Waals surface area (Å²) < 4.78 is 10.8. The molecule has 0 N–H and O–H groups in total. The van der Waals surface area contributed by atoms with Crippen LogP contribution in [0.1, 0.15) is 37.8 Å². The fraction of sp³-hybridized carbons (Fsp3) is 0.538. The molecule has 1 heterocycles. The van der Waals surface area contributed by atoms with Crippen LogP contribution in [0.2, 0.25) is 0 Å². The monoisotopic (exact) mass is 206 g/mol. The number of benzene rings is 1. The van der Waals surface area contributed by atoms with Crippen LogP contribution in [0, 0.1) is 0 Å². The maximum absolute atomic E-state index is 5.45. The minimum absolute atomic E-state index is 0.0457. The van der Waals surface area contributed by atoms with Gasteiger partial charge in [-0.15, -0.1) is 0 Å². The van der Waals surface area contributed by atoms with Crippen LogP contribution in [0.4, 0.5) is 0 Å². The molecule has 15 heavy (non-hydrogen) atoms. The third-order valence-corrected chi connectivity index (χ3v) is 3.04. The van der Waals surface area contributed by atoms with Crippen LogP contribution >= 0.6 is 0 Å². The Hall–Kier alpha value is -1.02. The van der Waals surface area contributed by atoms with Gasteiger partial charge in [-0.2, -0.15) is 0 Å². The fourth-order valence-corrected chi connectivity index (χ4v) is 1.79. The van der Waals surface area contributed by atoms with E-state index in [1.807, 2.05) is 6.07 Å². The zero-order valence-electron chi connectivity index (χ0n) is 9.83. The average Bonchev–Trinajstić information content (AvgIpc) is 2.96. The van der Waals surface area contributed by atoms with Crippen LogP contribution in [-0.2, 0) is 10.3 Å². The molecule has 0 aromatic heterocycles.